The molecule has 0 radical (unpaired) electrons. The maximum Gasteiger partial charge on any atom is 0.0136 e. The molecular weight excluding hydrogens is 386 g/mol. The second-order valence-corrected chi connectivity index (χ2v) is 10.4. The molecule has 1 atom stereocenters. The lowest BCUT2D eigenvalue weighted by molar-refractivity contribution is 0.272. The fraction of sp³-hybridized carbons (Fsp3) is 0.806. The van der Waals surface area contributed by atoms with E-state index >= 15 is 0 Å². The molecule has 1 heteroatoms. The number of hydrogen-bond acceptors (Lipinski definition) is 1. The molecule has 32 heavy (non-hydrogen) atoms. The first-order chi connectivity index (χ1) is 15.7. The molecular formula is C31H57N. The van der Waals surface area contributed by atoms with Crippen molar-refractivity contribution >= 4 is 0 Å². The molecule has 0 heterocycles. The van der Waals surface area contributed by atoms with E-state index in [-0.39, 0.29) is 11.5 Å². The first kappa shape index (κ1) is 29.2. The maximum atomic E-state index is 6.91. The number of nitrogens with two attached hydrogens (primary N) is 1. The lowest BCUT2D eigenvalue weighted by Gasteiger charge is -2.40. The predicted octanol–water partition coefficient (Wildman–Crippen LogP) is 10.1. The third-order valence-electron chi connectivity index (χ3n) is 7.57. The minimum Gasteiger partial charge on any atom is -0.327 e. The molecule has 0 aliphatic carbocycles. The monoisotopic (exact) mass is 443 g/mol. The Kier molecular flexibility index (Phi) is 17.9. The van der Waals surface area contributed by atoms with Gasteiger partial charge in [0.15, 0.2) is 0 Å². The van der Waals surface area contributed by atoms with Gasteiger partial charge in [0.05, 0.1) is 0 Å². The smallest absolute Gasteiger partial charge is 0.0136 e. The molecule has 186 valence electrons. The van der Waals surface area contributed by atoms with Gasteiger partial charge in [0.1, 0.15) is 0 Å². The Morgan fingerprint density at radius 1 is 0.562 bits per heavy atom. The van der Waals surface area contributed by atoms with Crippen molar-refractivity contribution in [3.8, 4) is 0 Å². The Morgan fingerprint density at radius 3 is 1.38 bits per heavy atom. The molecule has 0 saturated carbocycles. The van der Waals surface area contributed by atoms with Gasteiger partial charge in [0.25, 0.3) is 0 Å². The van der Waals surface area contributed by atoms with Crippen molar-refractivity contribution in [1.82, 2.24) is 0 Å². The van der Waals surface area contributed by atoms with E-state index in [9.17, 15) is 0 Å². The van der Waals surface area contributed by atoms with Crippen molar-refractivity contribution in [2.75, 3.05) is 0 Å². The molecule has 0 amide bonds. The van der Waals surface area contributed by atoms with E-state index in [1.807, 2.05) is 0 Å². The van der Waals surface area contributed by atoms with Gasteiger partial charge in [-0.2, -0.15) is 0 Å². The van der Waals surface area contributed by atoms with Crippen LogP contribution in [0.5, 0.6) is 0 Å². The summed E-state index contributed by atoms with van der Waals surface area (Å²) in [5.74, 6) is 0. The molecule has 0 aliphatic rings. The molecule has 1 nitrogen and oxygen atoms in total. The van der Waals surface area contributed by atoms with Gasteiger partial charge in [0.2, 0.25) is 0 Å². The molecule has 1 aromatic rings. The van der Waals surface area contributed by atoms with Crippen LogP contribution in [0.2, 0.25) is 0 Å². The normalized spacial score (nSPS) is 12.9. The van der Waals surface area contributed by atoms with Gasteiger partial charge in [-0.25, -0.2) is 0 Å². The first-order valence-corrected chi connectivity index (χ1v) is 14.5. The zero-order valence-electron chi connectivity index (χ0n) is 22.2. The van der Waals surface area contributed by atoms with E-state index in [4.69, 9.17) is 5.73 Å². The van der Waals surface area contributed by atoms with Crippen LogP contribution >= 0.6 is 0 Å². The fourth-order valence-electron chi connectivity index (χ4n) is 5.67. The molecule has 1 rings (SSSR count). The maximum absolute atomic E-state index is 6.91. The van der Waals surface area contributed by atoms with Gasteiger partial charge in [-0.05, 0) is 24.8 Å². The Bertz CT molecular complexity index is 502. The number of unbranched alkanes of at least 4 members (excludes halogenated alkanes) is 14. The zero-order valence-corrected chi connectivity index (χ0v) is 22.2. The fourth-order valence-corrected chi connectivity index (χ4v) is 5.67. The van der Waals surface area contributed by atoms with Crippen molar-refractivity contribution in [2.24, 2.45) is 5.73 Å². The van der Waals surface area contributed by atoms with Crippen LogP contribution in [0.4, 0.5) is 0 Å². The topological polar surface area (TPSA) is 26.0 Å². The minimum absolute atomic E-state index is 0.167. The second-order valence-electron chi connectivity index (χ2n) is 10.4. The van der Waals surface area contributed by atoms with Gasteiger partial charge in [-0.15, -0.1) is 0 Å². The highest BCUT2D eigenvalue weighted by Crippen LogP contribution is 2.38. The number of hydrogen-bond donors (Lipinski definition) is 1. The minimum atomic E-state index is 0.167. The summed E-state index contributed by atoms with van der Waals surface area (Å²) in [7, 11) is 0. The van der Waals surface area contributed by atoms with E-state index in [0.29, 0.717) is 0 Å². The van der Waals surface area contributed by atoms with E-state index in [0.717, 1.165) is 0 Å². The molecule has 2 N–H and O–H groups in total. The molecule has 0 bridgehead atoms. The molecule has 0 aromatic heterocycles. The Morgan fingerprint density at radius 2 is 0.969 bits per heavy atom. The van der Waals surface area contributed by atoms with Crippen LogP contribution < -0.4 is 5.73 Å². The largest absolute Gasteiger partial charge is 0.327 e. The van der Waals surface area contributed by atoms with Gasteiger partial charge < -0.3 is 5.73 Å². The van der Waals surface area contributed by atoms with E-state index < -0.39 is 0 Å². The Balaban J connectivity index is 2.15. The average molecular weight is 444 g/mol. The van der Waals surface area contributed by atoms with Gasteiger partial charge in [-0.1, -0.05) is 160 Å². The summed E-state index contributed by atoms with van der Waals surface area (Å²) in [5.41, 5.74) is 8.55. The van der Waals surface area contributed by atoms with Crippen LogP contribution in [-0.2, 0) is 5.41 Å². The van der Waals surface area contributed by atoms with Gasteiger partial charge >= 0.3 is 0 Å². The molecule has 0 spiro atoms. The molecule has 0 aliphatic heterocycles. The van der Waals surface area contributed by atoms with Crippen LogP contribution in [0, 0.1) is 0 Å². The lowest BCUT2D eigenvalue weighted by atomic mass is 9.67. The summed E-state index contributed by atoms with van der Waals surface area (Å²) in [6.45, 7) is 6.92. The first-order valence-electron chi connectivity index (χ1n) is 14.5. The Labute approximate surface area is 202 Å². The van der Waals surface area contributed by atoms with Gasteiger partial charge in [-0.3, -0.25) is 0 Å². The second kappa shape index (κ2) is 19.6. The van der Waals surface area contributed by atoms with Crippen LogP contribution in [0.1, 0.15) is 155 Å². The molecule has 1 aromatic carbocycles. The quantitative estimate of drug-likeness (QED) is 0.177. The molecule has 0 fully saturated rings. The third kappa shape index (κ3) is 11.9. The van der Waals surface area contributed by atoms with Crippen LogP contribution in [-0.4, -0.2) is 6.04 Å². The third-order valence-corrected chi connectivity index (χ3v) is 7.57. The van der Waals surface area contributed by atoms with E-state index in [1.165, 1.54) is 134 Å². The summed E-state index contributed by atoms with van der Waals surface area (Å²) < 4.78 is 0. The number of rotatable bonds is 22. The summed E-state index contributed by atoms with van der Waals surface area (Å²) in [5, 5.41) is 0. The van der Waals surface area contributed by atoms with Gasteiger partial charge in [0, 0.05) is 11.5 Å². The average Bonchev–Trinajstić information content (AvgIpc) is 2.81. The summed E-state index contributed by atoms with van der Waals surface area (Å²) in [6, 6.07) is 11.4. The predicted molar refractivity (Wildman–Crippen MR) is 145 cm³/mol. The molecule has 0 saturated heterocycles. The van der Waals surface area contributed by atoms with Crippen molar-refractivity contribution in [1.29, 1.82) is 0 Å². The summed E-state index contributed by atoms with van der Waals surface area (Å²) >= 11 is 0. The SMILES string of the molecule is CCCCCCCCCCCCCCCCCC(N)C(CCC)(CCC)c1ccccc1. The highest BCUT2D eigenvalue weighted by Gasteiger charge is 2.36. The van der Waals surface area contributed by atoms with Crippen LogP contribution in [0.25, 0.3) is 0 Å². The standard InChI is InChI=1S/C31H57N/c1-4-7-8-9-10-11-12-13-14-15-16-17-18-19-23-26-30(32)31(27-5-2,28-6-3)29-24-21-20-22-25-29/h20-22,24-25,30H,4-19,23,26-28,32H2,1-3H3. The van der Waals surface area contributed by atoms with Crippen molar-refractivity contribution < 1.29 is 0 Å². The summed E-state index contributed by atoms with van der Waals surface area (Å²) in [6.07, 6.45) is 27.3. The van der Waals surface area contributed by atoms with Crippen molar-refractivity contribution in [3.05, 3.63) is 35.9 Å². The van der Waals surface area contributed by atoms with Crippen LogP contribution in [0.3, 0.4) is 0 Å². The van der Waals surface area contributed by atoms with Crippen molar-refractivity contribution in [3.63, 3.8) is 0 Å². The molecule has 1 unspecified atom stereocenters. The Hall–Kier alpha value is -0.820. The summed E-state index contributed by atoms with van der Waals surface area (Å²) in [4.78, 5) is 0. The van der Waals surface area contributed by atoms with E-state index in [2.05, 4.69) is 51.1 Å². The van der Waals surface area contributed by atoms with E-state index in [1.54, 1.807) is 0 Å². The van der Waals surface area contributed by atoms with Crippen LogP contribution in [0.15, 0.2) is 30.3 Å². The number of benzene rings is 1. The lowest BCUT2D eigenvalue weighted by Crippen LogP contribution is -2.45. The van der Waals surface area contributed by atoms with Crippen molar-refractivity contribution in [2.45, 2.75) is 161 Å². The zero-order chi connectivity index (χ0) is 23.3. The highest BCUT2D eigenvalue weighted by molar-refractivity contribution is 5.27. The highest BCUT2D eigenvalue weighted by atomic mass is 14.7.